The van der Waals surface area contributed by atoms with Gasteiger partial charge in [0.15, 0.2) is 5.82 Å². The summed E-state index contributed by atoms with van der Waals surface area (Å²) in [6.07, 6.45) is 1.52. The Kier molecular flexibility index (Phi) is 7.07. The molecule has 2 aromatic carbocycles. The summed E-state index contributed by atoms with van der Waals surface area (Å²) in [6, 6.07) is 15.5. The molecule has 8 nitrogen and oxygen atoms in total. The Morgan fingerprint density at radius 3 is 2.53 bits per heavy atom. The number of para-hydroxylation sites is 1. The molecular formula is C26H33N5O3. The maximum Gasteiger partial charge on any atom is 0.258 e. The van der Waals surface area contributed by atoms with E-state index in [2.05, 4.69) is 39.6 Å². The highest BCUT2D eigenvalue weighted by molar-refractivity contribution is 6.07. The fourth-order valence-electron chi connectivity index (χ4n) is 4.36. The number of H-pyrrole nitrogens is 1. The van der Waals surface area contributed by atoms with Gasteiger partial charge in [0.05, 0.1) is 25.5 Å². The first kappa shape index (κ1) is 23.6. The minimum Gasteiger partial charge on any atom is -0.497 e. The third-order valence-corrected chi connectivity index (χ3v) is 6.21. The number of nitrogens with zero attached hydrogens (tertiary/aromatic N) is 2. The van der Waals surface area contributed by atoms with Crippen molar-refractivity contribution in [2.24, 2.45) is 0 Å². The molecule has 1 amide bonds. The first-order valence-electron chi connectivity index (χ1n) is 11.5. The number of rotatable bonds is 8. The highest BCUT2D eigenvalue weighted by Gasteiger charge is 2.32. The molecule has 0 saturated carbocycles. The smallest absolute Gasteiger partial charge is 0.258 e. The van der Waals surface area contributed by atoms with Crippen molar-refractivity contribution >= 4 is 17.4 Å². The molecule has 3 aromatic rings. The summed E-state index contributed by atoms with van der Waals surface area (Å²) in [4.78, 5) is 15.5. The lowest BCUT2D eigenvalue weighted by Gasteiger charge is -2.45. The topological polar surface area (TPSA) is 91.5 Å². The van der Waals surface area contributed by atoms with E-state index in [0.29, 0.717) is 11.4 Å². The van der Waals surface area contributed by atoms with Crippen LogP contribution < -0.4 is 25.0 Å². The van der Waals surface area contributed by atoms with Crippen LogP contribution in [0.2, 0.25) is 0 Å². The van der Waals surface area contributed by atoms with Crippen LogP contribution in [0.25, 0.3) is 0 Å². The third kappa shape index (κ3) is 5.34. The lowest BCUT2D eigenvalue weighted by molar-refractivity contribution is 0.102. The van der Waals surface area contributed by atoms with Crippen LogP contribution in [0.15, 0.2) is 48.5 Å². The van der Waals surface area contributed by atoms with Gasteiger partial charge in [0.2, 0.25) is 0 Å². The summed E-state index contributed by atoms with van der Waals surface area (Å²) in [7, 11) is 3.29. The van der Waals surface area contributed by atoms with Gasteiger partial charge < -0.3 is 25.0 Å². The number of hydrogen-bond acceptors (Lipinski definition) is 6. The zero-order valence-electron chi connectivity index (χ0n) is 20.3. The van der Waals surface area contributed by atoms with E-state index in [4.69, 9.17) is 9.47 Å². The summed E-state index contributed by atoms with van der Waals surface area (Å²) in [6.45, 7) is 6.97. The fraction of sp³-hybridized carbons (Fsp3) is 0.385. The Balaban J connectivity index is 1.44. The summed E-state index contributed by atoms with van der Waals surface area (Å²) >= 11 is 0. The zero-order chi connectivity index (χ0) is 24.1. The van der Waals surface area contributed by atoms with E-state index in [0.717, 1.165) is 60.9 Å². The van der Waals surface area contributed by atoms with Crippen molar-refractivity contribution in [2.45, 2.75) is 32.2 Å². The number of piperazine rings is 1. The molecule has 1 aromatic heterocycles. The van der Waals surface area contributed by atoms with Crippen LogP contribution >= 0.6 is 0 Å². The lowest BCUT2D eigenvalue weighted by Crippen LogP contribution is -2.58. The van der Waals surface area contributed by atoms with E-state index in [9.17, 15) is 4.79 Å². The molecule has 0 spiro atoms. The van der Waals surface area contributed by atoms with Crippen molar-refractivity contribution in [3.63, 3.8) is 0 Å². The van der Waals surface area contributed by atoms with Crippen LogP contribution in [-0.4, -0.2) is 55.5 Å². The molecule has 0 atom stereocenters. The van der Waals surface area contributed by atoms with Gasteiger partial charge in [-0.05, 0) is 56.5 Å². The Morgan fingerprint density at radius 2 is 1.82 bits per heavy atom. The van der Waals surface area contributed by atoms with E-state index >= 15 is 0 Å². The van der Waals surface area contributed by atoms with E-state index in [1.54, 1.807) is 14.2 Å². The molecule has 0 aliphatic carbocycles. The van der Waals surface area contributed by atoms with Gasteiger partial charge in [-0.25, -0.2) is 0 Å². The van der Waals surface area contributed by atoms with Crippen molar-refractivity contribution < 1.29 is 14.3 Å². The van der Waals surface area contributed by atoms with Gasteiger partial charge in [-0.3, -0.25) is 9.89 Å². The first-order chi connectivity index (χ1) is 16.4. The number of nitrogens with one attached hydrogen (secondary N) is 3. The second-order valence-corrected chi connectivity index (χ2v) is 9.11. The van der Waals surface area contributed by atoms with Crippen LogP contribution in [0.4, 0.5) is 11.5 Å². The van der Waals surface area contributed by atoms with Crippen molar-refractivity contribution in [1.82, 2.24) is 15.5 Å². The molecule has 1 aliphatic heterocycles. The number of aryl methyl sites for hydroxylation is 2. The van der Waals surface area contributed by atoms with Gasteiger partial charge >= 0.3 is 0 Å². The summed E-state index contributed by atoms with van der Waals surface area (Å²) in [5.41, 5.74) is 3.54. The number of aromatic nitrogens is 2. The fourth-order valence-corrected chi connectivity index (χ4v) is 4.36. The first-order valence-corrected chi connectivity index (χ1v) is 11.5. The molecule has 1 fully saturated rings. The maximum absolute atomic E-state index is 13.2. The van der Waals surface area contributed by atoms with Crippen LogP contribution in [-0.2, 0) is 12.8 Å². The number of carbonyl (C=O) groups excluding carboxylic acids is 1. The minimum absolute atomic E-state index is 0.0864. The van der Waals surface area contributed by atoms with Gasteiger partial charge in [0, 0.05) is 43.0 Å². The molecule has 3 N–H and O–H groups in total. The molecule has 34 heavy (non-hydrogen) atoms. The third-order valence-electron chi connectivity index (χ3n) is 6.21. The monoisotopic (exact) mass is 463 g/mol. The van der Waals surface area contributed by atoms with E-state index in [-0.39, 0.29) is 11.4 Å². The molecule has 2 heterocycles. The highest BCUT2D eigenvalue weighted by atomic mass is 16.5. The highest BCUT2D eigenvalue weighted by Crippen LogP contribution is 2.29. The largest absolute Gasteiger partial charge is 0.497 e. The van der Waals surface area contributed by atoms with Crippen LogP contribution in [0, 0.1) is 0 Å². The molecule has 180 valence electrons. The van der Waals surface area contributed by atoms with Crippen LogP contribution in [0.1, 0.15) is 35.5 Å². The Bertz CT molecular complexity index is 1120. The van der Waals surface area contributed by atoms with Gasteiger partial charge in [0.1, 0.15) is 11.5 Å². The predicted octanol–water partition coefficient (Wildman–Crippen LogP) is 3.65. The van der Waals surface area contributed by atoms with Crippen molar-refractivity contribution in [2.75, 3.05) is 44.1 Å². The Morgan fingerprint density at radius 1 is 1.09 bits per heavy atom. The zero-order valence-corrected chi connectivity index (χ0v) is 20.3. The summed E-state index contributed by atoms with van der Waals surface area (Å²) in [5, 5.41) is 13.7. The number of aromatic amines is 1. The number of anilines is 2. The van der Waals surface area contributed by atoms with Gasteiger partial charge in [-0.2, -0.15) is 5.10 Å². The summed E-state index contributed by atoms with van der Waals surface area (Å²) < 4.78 is 10.7. The van der Waals surface area contributed by atoms with E-state index in [1.807, 2.05) is 48.5 Å². The van der Waals surface area contributed by atoms with E-state index in [1.165, 1.54) is 0 Å². The number of benzene rings is 2. The molecule has 0 radical (unpaired) electrons. The normalized spacial score (nSPS) is 15.1. The average molecular weight is 464 g/mol. The summed E-state index contributed by atoms with van der Waals surface area (Å²) in [5.74, 6) is 1.87. The number of carbonyl (C=O) groups is 1. The molecule has 1 aliphatic rings. The van der Waals surface area contributed by atoms with Gasteiger partial charge in [0.25, 0.3) is 5.91 Å². The van der Waals surface area contributed by atoms with Gasteiger partial charge in [-0.1, -0.05) is 12.1 Å². The lowest BCUT2D eigenvalue weighted by atomic mass is 9.97. The molecular weight excluding hydrogens is 430 g/mol. The van der Waals surface area contributed by atoms with Crippen LogP contribution in [0.5, 0.6) is 11.5 Å². The van der Waals surface area contributed by atoms with E-state index < -0.39 is 0 Å². The maximum atomic E-state index is 13.2. The molecule has 1 saturated heterocycles. The molecule has 4 rings (SSSR count). The standard InChI is InChI=1S/C26H33N5O3/c1-26(2)17-27-11-12-31(26)23-8-6-5-7-22(23)25(32)28-24-15-19(29-30-24)10-9-18-13-20(33-3)16-21(14-18)34-4/h5-8,13-16,27H,9-12,17H2,1-4H3,(H2,28,29,30,32). The van der Waals surface area contributed by atoms with Crippen LogP contribution in [0.3, 0.4) is 0 Å². The second-order valence-electron chi connectivity index (χ2n) is 9.11. The van der Waals surface area contributed by atoms with Crippen molar-refractivity contribution in [1.29, 1.82) is 0 Å². The molecule has 0 unspecified atom stereocenters. The predicted molar refractivity (Wildman–Crippen MR) is 134 cm³/mol. The Labute approximate surface area is 200 Å². The Hall–Kier alpha value is -3.52. The van der Waals surface area contributed by atoms with Crippen molar-refractivity contribution in [3.8, 4) is 11.5 Å². The number of methoxy groups -OCH3 is 2. The molecule has 0 bridgehead atoms. The minimum atomic E-state index is -0.166. The van der Waals surface area contributed by atoms with Gasteiger partial charge in [-0.15, -0.1) is 0 Å². The number of amides is 1. The SMILES string of the molecule is COc1cc(CCc2cc(NC(=O)c3ccccc3N3CCNCC3(C)C)n[nH]2)cc(OC)c1. The average Bonchev–Trinajstić information content (AvgIpc) is 3.29. The number of ether oxygens (including phenoxy) is 2. The second kappa shape index (κ2) is 10.2. The number of hydrogen-bond donors (Lipinski definition) is 3. The molecule has 8 heteroatoms. The van der Waals surface area contributed by atoms with Crippen molar-refractivity contribution in [3.05, 3.63) is 65.4 Å². The quantitative estimate of drug-likeness (QED) is 0.472.